The van der Waals surface area contributed by atoms with Crippen molar-refractivity contribution in [3.63, 3.8) is 0 Å². The van der Waals surface area contributed by atoms with E-state index in [4.69, 9.17) is 11.6 Å². The number of rotatable bonds is 7. The fourth-order valence-corrected chi connectivity index (χ4v) is 4.22. The summed E-state index contributed by atoms with van der Waals surface area (Å²) in [6.07, 6.45) is 2.94. The van der Waals surface area contributed by atoms with Gasteiger partial charge in [0.05, 0.1) is 5.75 Å². The Kier molecular flexibility index (Phi) is 10.3. The van der Waals surface area contributed by atoms with Crippen LogP contribution in [0.2, 0.25) is 5.02 Å². The van der Waals surface area contributed by atoms with Gasteiger partial charge in [0.15, 0.2) is 5.96 Å². The summed E-state index contributed by atoms with van der Waals surface area (Å²) in [5, 5.41) is 7.41. The van der Waals surface area contributed by atoms with Gasteiger partial charge >= 0.3 is 0 Å². The van der Waals surface area contributed by atoms with Gasteiger partial charge in [0.2, 0.25) is 0 Å². The highest BCUT2D eigenvalue weighted by Crippen LogP contribution is 2.29. The van der Waals surface area contributed by atoms with Crippen LogP contribution in [-0.2, 0) is 9.84 Å². The molecule has 1 aromatic carbocycles. The summed E-state index contributed by atoms with van der Waals surface area (Å²) in [5.41, 5.74) is 2.45. The Balaban J connectivity index is 0.00000392. The van der Waals surface area contributed by atoms with Crippen LogP contribution in [-0.4, -0.2) is 59.1 Å². The van der Waals surface area contributed by atoms with Crippen molar-refractivity contribution in [2.45, 2.75) is 32.7 Å². The largest absolute Gasteiger partial charge is 0.371 e. The van der Waals surface area contributed by atoms with E-state index in [0.29, 0.717) is 18.3 Å². The number of halogens is 2. The third-order valence-corrected chi connectivity index (χ3v) is 6.10. The molecule has 1 heterocycles. The predicted octanol–water partition coefficient (Wildman–Crippen LogP) is 3.08. The summed E-state index contributed by atoms with van der Waals surface area (Å²) in [5.74, 6) is 1.41. The Morgan fingerprint density at radius 1 is 1.43 bits per heavy atom. The summed E-state index contributed by atoms with van der Waals surface area (Å²) in [7, 11) is -1.21. The number of guanidine groups is 1. The van der Waals surface area contributed by atoms with Crippen molar-refractivity contribution in [3.05, 3.63) is 28.8 Å². The first-order valence-electron chi connectivity index (χ1n) is 9.34. The Labute approximate surface area is 191 Å². The van der Waals surface area contributed by atoms with Gasteiger partial charge in [0.25, 0.3) is 0 Å². The number of nitrogens with one attached hydrogen (secondary N) is 2. The molecule has 9 heteroatoms. The molecule has 0 aliphatic carbocycles. The molecule has 1 saturated heterocycles. The summed E-state index contributed by atoms with van der Waals surface area (Å²) in [6, 6.07) is 6.07. The highest BCUT2D eigenvalue weighted by Gasteiger charge is 2.24. The second kappa shape index (κ2) is 11.4. The van der Waals surface area contributed by atoms with E-state index in [9.17, 15) is 8.42 Å². The summed E-state index contributed by atoms with van der Waals surface area (Å²) < 4.78 is 22.6. The Morgan fingerprint density at radius 2 is 2.14 bits per heavy atom. The number of benzene rings is 1. The van der Waals surface area contributed by atoms with Gasteiger partial charge in [0.1, 0.15) is 9.84 Å². The lowest BCUT2D eigenvalue weighted by Crippen LogP contribution is -2.44. The van der Waals surface area contributed by atoms with Crippen LogP contribution in [0.15, 0.2) is 23.2 Å². The molecule has 1 aromatic rings. The van der Waals surface area contributed by atoms with E-state index in [-0.39, 0.29) is 35.8 Å². The fourth-order valence-electron chi connectivity index (χ4n) is 3.27. The maximum atomic E-state index is 11.3. The van der Waals surface area contributed by atoms with E-state index in [0.717, 1.165) is 31.1 Å². The quantitative estimate of drug-likeness (QED) is 0.315. The number of aryl methyl sites for hydroxylation is 1. The number of hydrogen-bond acceptors (Lipinski definition) is 4. The highest BCUT2D eigenvalue weighted by molar-refractivity contribution is 14.0. The van der Waals surface area contributed by atoms with Gasteiger partial charge in [0, 0.05) is 49.7 Å². The van der Waals surface area contributed by atoms with Gasteiger partial charge in [-0.05, 0) is 50.3 Å². The van der Waals surface area contributed by atoms with Crippen LogP contribution in [0.3, 0.4) is 0 Å². The number of anilines is 1. The topological polar surface area (TPSA) is 73.8 Å². The molecular formula is C19H32ClIN4O2S. The maximum Gasteiger partial charge on any atom is 0.191 e. The van der Waals surface area contributed by atoms with Crippen LogP contribution in [0.5, 0.6) is 0 Å². The van der Waals surface area contributed by atoms with E-state index in [1.807, 2.05) is 19.1 Å². The fraction of sp³-hybridized carbons (Fsp3) is 0.632. The van der Waals surface area contributed by atoms with Crippen LogP contribution in [0, 0.1) is 12.8 Å². The first-order chi connectivity index (χ1) is 12.7. The minimum absolute atomic E-state index is 0. The second-order valence-electron chi connectivity index (χ2n) is 7.45. The molecule has 0 amide bonds. The van der Waals surface area contributed by atoms with Gasteiger partial charge in [-0.1, -0.05) is 17.7 Å². The lowest BCUT2D eigenvalue weighted by atomic mass is 10.1. The molecule has 2 N–H and O–H groups in total. The van der Waals surface area contributed by atoms with Crippen molar-refractivity contribution in [3.8, 4) is 0 Å². The molecule has 0 spiro atoms. The first-order valence-corrected chi connectivity index (χ1v) is 11.8. The normalized spacial score (nSPS) is 18.5. The minimum Gasteiger partial charge on any atom is -0.371 e. The molecule has 2 atom stereocenters. The zero-order chi connectivity index (χ0) is 20.0. The van der Waals surface area contributed by atoms with Gasteiger partial charge in [-0.2, -0.15) is 0 Å². The third-order valence-electron chi connectivity index (χ3n) is 4.88. The van der Waals surface area contributed by atoms with Crippen LogP contribution in [0.25, 0.3) is 0 Å². The summed E-state index contributed by atoms with van der Waals surface area (Å²) in [6.45, 7) is 6.91. The minimum atomic E-state index is -2.94. The summed E-state index contributed by atoms with van der Waals surface area (Å²) in [4.78, 5) is 6.64. The van der Waals surface area contributed by atoms with E-state index < -0.39 is 9.84 Å². The van der Waals surface area contributed by atoms with E-state index in [1.54, 1.807) is 7.05 Å². The van der Waals surface area contributed by atoms with Crippen molar-refractivity contribution in [1.29, 1.82) is 0 Å². The monoisotopic (exact) mass is 542 g/mol. The molecule has 0 saturated carbocycles. The number of aliphatic imine (C=N–C) groups is 1. The molecule has 0 aromatic heterocycles. The second-order valence-corrected chi connectivity index (χ2v) is 10.1. The smallest absolute Gasteiger partial charge is 0.191 e. The van der Waals surface area contributed by atoms with Crippen molar-refractivity contribution < 1.29 is 8.42 Å². The predicted molar refractivity (Wildman–Crippen MR) is 130 cm³/mol. The zero-order valence-electron chi connectivity index (χ0n) is 17.0. The average molecular weight is 543 g/mol. The first kappa shape index (κ1) is 25.3. The van der Waals surface area contributed by atoms with Crippen molar-refractivity contribution in [2.75, 3.05) is 43.6 Å². The van der Waals surface area contributed by atoms with Crippen molar-refractivity contribution in [1.82, 2.24) is 10.6 Å². The lowest BCUT2D eigenvalue weighted by molar-refractivity contribution is 0.551. The van der Waals surface area contributed by atoms with Crippen molar-refractivity contribution >= 4 is 57.1 Å². The molecule has 0 bridgehead atoms. The van der Waals surface area contributed by atoms with Crippen molar-refractivity contribution in [2.24, 2.45) is 10.9 Å². The van der Waals surface area contributed by atoms with Gasteiger partial charge < -0.3 is 15.5 Å². The lowest BCUT2D eigenvalue weighted by Gasteiger charge is -2.22. The molecule has 28 heavy (non-hydrogen) atoms. The molecule has 1 aliphatic rings. The van der Waals surface area contributed by atoms with E-state index >= 15 is 0 Å². The number of hydrogen-bond donors (Lipinski definition) is 2. The van der Waals surface area contributed by atoms with Crippen LogP contribution in [0.1, 0.15) is 25.3 Å². The number of nitrogens with zero attached hydrogens (tertiary/aromatic N) is 2. The SMILES string of the molecule is CN=C(NCC1CCN(c2cc(Cl)ccc2C)C1)NC(C)CCS(C)(=O)=O.I. The molecule has 1 aliphatic heterocycles. The zero-order valence-corrected chi connectivity index (χ0v) is 20.9. The molecule has 2 unspecified atom stereocenters. The average Bonchev–Trinajstić information content (AvgIpc) is 3.07. The van der Waals surface area contributed by atoms with Crippen LogP contribution >= 0.6 is 35.6 Å². The molecule has 1 fully saturated rings. The third kappa shape index (κ3) is 8.32. The van der Waals surface area contributed by atoms with E-state index in [2.05, 4.69) is 33.5 Å². The van der Waals surface area contributed by atoms with Gasteiger partial charge in [-0.3, -0.25) is 4.99 Å². The maximum absolute atomic E-state index is 11.3. The standard InChI is InChI=1S/C19H31ClN4O2S.HI/c1-14-5-6-17(20)11-18(14)24-9-7-16(13-24)12-22-19(21-3)23-15(2)8-10-27(4,25)26;/h5-6,11,15-16H,7-10,12-13H2,1-4H3,(H2,21,22,23);1H. The Bertz CT molecular complexity index is 773. The molecule has 2 rings (SSSR count). The molecular weight excluding hydrogens is 511 g/mol. The van der Waals surface area contributed by atoms with E-state index in [1.165, 1.54) is 17.5 Å². The van der Waals surface area contributed by atoms with Crippen LogP contribution < -0.4 is 15.5 Å². The molecule has 6 nitrogen and oxygen atoms in total. The van der Waals surface area contributed by atoms with Gasteiger partial charge in [-0.25, -0.2) is 8.42 Å². The molecule has 0 radical (unpaired) electrons. The number of sulfone groups is 1. The Morgan fingerprint density at radius 3 is 2.79 bits per heavy atom. The van der Waals surface area contributed by atoms with Crippen LogP contribution in [0.4, 0.5) is 5.69 Å². The Hall–Kier alpha value is -0.740. The molecule has 160 valence electrons. The summed E-state index contributed by atoms with van der Waals surface area (Å²) >= 11 is 6.15. The van der Waals surface area contributed by atoms with Gasteiger partial charge in [-0.15, -0.1) is 24.0 Å². The highest BCUT2D eigenvalue weighted by atomic mass is 127.